The third kappa shape index (κ3) is 4.48. The van der Waals surface area contributed by atoms with Crippen molar-refractivity contribution in [1.29, 1.82) is 0 Å². The number of hydrogen-bond acceptors (Lipinski definition) is 4. The van der Waals surface area contributed by atoms with Crippen molar-refractivity contribution in [3.63, 3.8) is 0 Å². The van der Waals surface area contributed by atoms with Crippen LogP contribution in [0.4, 0.5) is 0 Å². The molecule has 0 atom stereocenters. The van der Waals surface area contributed by atoms with Crippen molar-refractivity contribution in [2.24, 2.45) is 0 Å². The first-order chi connectivity index (χ1) is 9.21. The summed E-state index contributed by atoms with van der Waals surface area (Å²) in [6.07, 6.45) is 2.56. The van der Waals surface area contributed by atoms with E-state index in [-0.39, 0.29) is 0 Å². The van der Waals surface area contributed by atoms with E-state index in [1.54, 1.807) is 14.2 Å². The van der Waals surface area contributed by atoms with E-state index < -0.39 is 0 Å². The van der Waals surface area contributed by atoms with Crippen molar-refractivity contribution >= 4 is 0 Å². The van der Waals surface area contributed by atoms with Gasteiger partial charge in [-0.2, -0.15) is 0 Å². The molecule has 1 aromatic carbocycles. The SMILES string of the molecule is C=C(CNC1CC1)COc1cc(OC)cc(OC)c1. The molecule has 4 nitrogen and oxygen atoms in total. The predicted octanol–water partition coefficient (Wildman–Crippen LogP) is 2.39. The maximum absolute atomic E-state index is 5.71. The summed E-state index contributed by atoms with van der Waals surface area (Å²) in [6, 6.07) is 6.18. The number of hydrogen-bond donors (Lipinski definition) is 1. The molecular formula is C15H21NO3. The molecule has 1 aliphatic carbocycles. The molecular weight excluding hydrogens is 242 g/mol. The van der Waals surface area contributed by atoms with Gasteiger partial charge >= 0.3 is 0 Å². The maximum Gasteiger partial charge on any atom is 0.127 e. The van der Waals surface area contributed by atoms with E-state index in [0.717, 1.165) is 29.4 Å². The minimum absolute atomic E-state index is 0.496. The van der Waals surface area contributed by atoms with Crippen LogP contribution in [-0.4, -0.2) is 33.4 Å². The fraction of sp³-hybridized carbons (Fsp3) is 0.467. The van der Waals surface area contributed by atoms with E-state index in [9.17, 15) is 0 Å². The summed E-state index contributed by atoms with van der Waals surface area (Å²) in [4.78, 5) is 0. The summed E-state index contributed by atoms with van der Waals surface area (Å²) >= 11 is 0. The molecule has 1 fully saturated rings. The molecule has 0 heterocycles. The lowest BCUT2D eigenvalue weighted by Gasteiger charge is -2.12. The highest BCUT2D eigenvalue weighted by Gasteiger charge is 2.20. The Labute approximate surface area is 114 Å². The van der Waals surface area contributed by atoms with Crippen molar-refractivity contribution in [3.05, 3.63) is 30.4 Å². The quantitative estimate of drug-likeness (QED) is 0.731. The zero-order valence-corrected chi connectivity index (χ0v) is 11.6. The first-order valence-electron chi connectivity index (χ1n) is 6.47. The highest BCUT2D eigenvalue weighted by molar-refractivity contribution is 5.42. The minimum atomic E-state index is 0.496. The van der Waals surface area contributed by atoms with Crippen LogP contribution in [0.1, 0.15) is 12.8 Å². The largest absolute Gasteiger partial charge is 0.496 e. The van der Waals surface area contributed by atoms with Crippen LogP contribution in [0.2, 0.25) is 0 Å². The van der Waals surface area contributed by atoms with Gasteiger partial charge < -0.3 is 19.5 Å². The molecule has 0 bridgehead atoms. The van der Waals surface area contributed by atoms with Crippen LogP contribution in [0, 0.1) is 0 Å². The fourth-order valence-electron chi connectivity index (χ4n) is 1.68. The van der Waals surface area contributed by atoms with Gasteiger partial charge in [-0.25, -0.2) is 0 Å². The lowest BCUT2D eigenvalue weighted by molar-refractivity contribution is 0.337. The molecule has 1 saturated carbocycles. The summed E-state index contributed by atoms with van der Waals surface area (Å²) in [5.74, 6) is 2.16. The Morgan fingerprint density at radius 1 is 1.16 bits per heavy atom. The summed E-state index contributed by atoms with van der Waals surface area (Å²) in [5.41, 5.74) is 1.04. The topological polar surface area (TPSA) is 39.7 Å². The van der Waals surface area contributed by atoms with Crippen molar-refractivity contribution < 1.29 is 14.2 Å². The van der Waals surface area contributed by atoms with Gasteiger partial charge in [-0.05, 0) is 18.4 Å². The Hall–Kier alpha value is -1.68. The average Bonchev–Trinajstić information content (AvgIpc) is 3.26. The molecule has 0 amide bonds. The maximum atomic E-state index is 5.71. The Bertz CT molecular complexity index is 419. The van der Waals surface area contributed by atoms with Crippen LogP contribution in [0.25, 0.3) is 0 Å². The standard InChI is InChI=1S/C15H21NO3/c1-11(9-16-12-4-5-12)10-19-15-7-13(17-2)6-14(8-15)18-3/h6-8,12,16H,1,4-5,9-10H2,2-3H3. The molecule has 0 aliphatic heterocycles. The average molecular weight is 263 g/mol. The van der Waals surface area contributed by atoms with Crippen LogP contribution in [-0.2, 0) is 0 Å². The first-order valence-corrected chi connectivity index (χ1v) is 6.47. The molecule has 1 aliphatic rings. The number of ether oxygens (including phenoxy) is 3. The second-order valence-electron chi connectivity index (χ2n) is 4.74. The Balaban J connectivity index is 1.84. The molecule has 1 aromatic rings. The summed E-state index contributed by atoms with van der Waals surface area (Å²) < 4.78 is 16.1. The van der Waals surface area contributed by atoms with Crippen LogP contribution < -0.4 is 19.5 Å². The highest BCUT2D eigenvalue weighted by Crippen LogP contribution is 2.27. The monoisotopic (exact) mass is 263 g/mol. The Kier molecular flexibility index (Phi) is 4.68. The van der Waals surface area contributed by atoms with Gasteiger partial charge in [0, 0.05) is 30.8 Å². The molecule has 0 radical (unpaired) electrons. The van der Waals surface area contributed by atoms with Crippen molar-refractivity contribution in [1.82, 2.24) is 5.32 Å². The van der Waals surface area contributed by atoms with Gasteiger partial charge in [-0.3, -0.25) is 0 Å². The van der Waals surface area contributed by atoms with E-state index in [4.69, 9.17) is 14.2 Å². The normalized spacial score (nSPS) is 14.0. The van der Waals surface area contributed by atoms with Gasteiger partial charge in [0.25, 0.3) is 0 Å². The number of benzene rings is 1. The van der Waals surface area contributed by atoms with Crippen LogP contribution in [0.5, 0.6) is 17.2 Å². The highest BCUT2D eigenvalue weighted by atomic mass is 16.5. The second-order valence-corrected chi connectivity index (χ2v) is 4.74. The third-order valence-corrected chi connectivity index (χ3v) is 2.99. The molecule has 0 saturated heterocycles. The number of rotatable bonds is 8. The van der Waals surface area contributed by atoms with Gasteiger partial charge in [-0.1, -0.05) is 6.58 Å². The number of nitrogens with one attached hydrogen (secondary N) is 1. The van der Waals surface area contributed by atoms with Crippen LogP contribution in [0.15, 0.2) is 30.4 Å². The Morgan fingerprint density at radius 3 is 2.26 bits per heavy atom. The lowest BCUT2D eigenvalue weighted by atomic mass is 10.3. The van der Waals surface area contributed by atoms with E-state index in [0.29, 0.717) is 12.6 Å². The lowest BCUT2D eigenvalue weighted by Crippen LogP contribution is -2.21. The third-order valence-electron chi connectivity index (χ3n) is 2.99. The van der Waals surface area contributed by atoms with Crippen molar-refractivity contribution in [3.8, 4) is 17.2 Å². The number of methoxy groups -OCH3 is 2. The molecule has 0 spiro atoms. The van der Waals surface area contributed by atoms with Gasteiger partial charge in [-0.15, -0.1) is 0 Å². The first kappa shape index (κ1) is 13.7. The van der Waals surface area contributed by atoms with Crippen LogP contribution >= 0.6 is 0 Å². The van der Waals surface area contributed by atoms with E-state index in [1.165, 1.54) is 12.8 Å². The molecule has 4 heteroatoms. The smallest absolute Gasteiger partial charge is 0.127 e. The molecule has 19 heavy (non-hydrogen) atoms. The van der Waals surface area contributed by atoms with E-state index >= 15 is 0 Å². The minimum Gasteiger partial charge on any atom is -0.496 e. The predicted molar refractivity (Wildman–Crippen MR) is 75.2 cm³/mol. The van der Waals surface area contributed by atoms with Crippen LogP contribution in [0.3, 0.4) is 0 Å². The molecule has 1 N–H and O–H groups in total. The van der Waals surface area contributed by atoms with Gasteiger partial charge in [0.15, 0.2) is 0 Å². The van der Waals surface area contributed by atoms with Gasteiger partial charge in [0.1, 0.15) is 23.9 Å². The second kappa shape index (κ2) is 6.48. The van der Waals surface area contributed by atoms with E-state index in [2.05, 4.69) is 11.9 Å². The zero-order chi connectivity index (χ0) is 13.7. The Morgan fingerprint density at radius 2 is 1.74 bits per heavy atom. The molecule has 104 valence electrons. The zero-order valence-electron chi connectivity index (χ0n) is 11.6. The van der Waals surface area contributed by atoms with Crippen molar-refractivity contribution in [2.75, 3.05) is 27.4 Å². The molecule has 0 aromatic heterocycles. The fourth-order valence-corrected chi connectivity index (χ4v) is 1.68. The van der Waals surface area contributed by atoms with Crippen molar-refractivity contribution in [2.45, 2.75) is 18.9 Å². The van der Waals surface area contributed by atoms with Gasteiger partial charge in [0.2, 0.25) is 0 Å². The summed E-state index contributed by atoms with van der Waals surface area (Å²) in [7, 11) is 3.24. The molecule has 2 rings (SSSR count). The van der Waals surface area contributed by atoms with E-state index in [1.807, 2.05) is 18.2 Å². The molecule has 0 unspecified atom stereocenters. The summed E-state index contributed by atoms with van der Waals surface area (Å²) in [5, 5.41) is 3.41. The van der Waals surface area contributed by atoms with Gasteiger partial charge in [0.05, 0.1) is 14.2 Å². The summed E-state index contributed by atoms with van der Waals surface area (Å²) in [6.45, 7) is 5.31.